The van der Waals surface area contributed by atoms with Gasteiger partial charge >= 0.3 is 5.97 Å². The van der Waals surface area contributed by atoms with E-state index in [1.54, 1.807) is 26.8 Å². The number of ketones is 1. The Morgan fingerprint density at radius 2 is 1.92 bits per heavy atom. The van der Waals surface area contributed by atoms with E-state index < -0.39 is 5.97 Å². The summed E-state index contributed by atoms with van der Waals surface area (Å²) in [4.78, 5) is 27.5. The zero-order valence-electron chi connectivity index (χ0n) is 15.0. The maximum Gasteiger partial charge on any atom is 0.355 e. The van der Waals surface area contributed by atoms with Gasteiger partial charge in [0.1, 0.15) is 18.9 Å². The Hall–Kier alpha value is -3.02. The summed E-state index contributed by atoms with van der Waals surface area (Å²) in [5.74, 6) is 0.741. The minimum Gasteiger partial charge on any atom is -0.486 e. The predicted molar refractivity (Wildman–Crippen MR) is 97.0 cm³/mol. The van der Waals surface area contributed by atoms with Crippen molar-refractivity contribution >= 4 is 17.8 Å². The van der Waals surface area contributed by atoms with E-state index in [1.165, 1.54) is 6.08 Å². The molecule has 0 fully saturated rings. The number of aromatic nitrogens is 1. The first-order valence-corrected chi connectivity index (χ1v) is 8.49. The Morgan fingerprint density at radius 3 is 2.65 bits per heavy atom. The molecule has 0 aliphatic carbocycles. The molecular weight excluding hydrogens is 334 g/mol. The number of hydrogen-bond acceptors (Lipinski definition) is 5. The second-order valence-corrected chi connectivity index (χ2v) is 5.95. The van der Waals surface area contributed by atoms with Gasteiger partial charge in [-0.1, -0.05) is 12.1 Å². The maximum atomic E-state index is 12.6. The molecular formula is C20H21NO5. The van der Waals surface area contributed by atoms with Crippen LogP contribution in [0.1, 0.15) is 44.6 Å². The monoisotopic (exact) mass is 355 g/mol. The largest absolute Gasteiger partial charge is 0.486 e. The molecule has 0 saturated heterocycles. The fourth-order valence-corrected chi connectivity index (χ4v) is 2.95. The third-order valence-corrected chi connectivity index (χ3v) is 4.16. The summed E-state index contributed by atoms with van der Waals surface area (Å²) in [7, 11) is 0. The molecule has 26 heavy (non-hydrogen) atoms. The van der Waals surface area contributed by atoms with Crippen LogP contribution in [0.5, 0.6) is 11.5 Å². The van der Waals surface area contributed by atoms with E-state index in [1.807, 2.05) is 18.2 Å². The highest BCUT2D eigenvalue weighted by Gasteiger charge is 2.21. The highest BCUT2D eigenvalue weighted by Crippen LogP contribution is 2.31. The first-order chi connectivity index (χ1) is 12.5. The van der Waals surface area contributed by atoms with E-state index in [4.69, 9.17) is 14.2 Å². The number of aromatic amines is 1. The van der Waals surface area contributed by atoms with Crippen LogP contribution in [0.15, 0.2) is 24.3 Å². The normalized spacial score (nSPS) is 13.0. The summed E-state index contributed by atoms with van der Waals surface area (Å²) in [6.07, 6.45) is 3.21. The smallest absolute Gasteiger partial charge is 0.355 e. The number of H-pyrrole nitrogens is 1. The second-order valence-electron chi connectivity index (χ2n) is 5.95. The predicted octanol–water partition coefficient (Wildman–Crippen LogP) is 3.48. The molecule has 1 aliphatic rings. The van der Waals surface area contributed by atoms with E-state index in [0.717, 1.165) is 5.56 Å². The molecule has 0 atom stereocenters. The van der Waals surface area contributed by atoms with E-state index in [9.17, 15) is 9.59 Å². The zero-order valence-corrected chi connectivity index (χ0v) is 15.0. The van der Waals surface area contributed by atoms with Gasteiger partial charge in [0.15, 0.2) is 17.3 Å². The van der Waals surface area contributed by atoms with Gasteiger partial charge in [0.2, 0.25) is 0 Å². The number of carbonyl (C=O) groups excluding carboxylic acids is 2. The number of allylic oxidation sites excluding steroid dienone is 1. The lowest BCUT2D eigenvalue weighted by molar-refractivity contribution is 0.0519. The summed E-state index contributed by atoms with van der Waals surface area (Å²) < 4.78 is 16.0. The lowest BCUT2D eigenvalue weighted by Crippen LogP contribution is -2.15. The van der Waals surface area contributed by atoms with Crippen LogP contribution in [0, 0.1) is 13.8 Å². The van der Waals surface area contributed by atoms with Crippen molar-refractivity contribution in [2.24, 2.45) is 0 Å². The van der Waals surface area contributed by atoms with Gasteiger partial charge in [0.25, 0.3) is 0 Å². The number of benzene rings is 1. The molecule has 1 aromatic heterocycles. The first-order valence-electron chi connectivity index (χ1n) is 8.49. The summed E-state index contributed by atoms with van der Waals surface area (Å²) in [6.45, 7) is 6.57. The summed E-state index contributed by atoms with van der Waals surface area (Å²) in [5.41, 5.74) is 2.88. The minimum absolute atomic E-state index is 0.179. The number of carbonyl (C=O) groups is 2. The van der Waals surface area contributed by atoms with Crippen molar-refractivity contribution in [2.45, 2.75) is 20.8 Å². The van der Waals surface area contributed by atoms with Gasteiger partial charge in [0.05, 0.1) is 6.61 Å². The molecule has 136 valence electrons. The van der Waals surface area contributed by atoms with Crippen molar-refractivity contribution in [3.8, 4) is 11.5 Å². The van der Waals surface area contributed by atoms with Crippen molar-refractivity contribution in [2.75, 3.05) is 19.8 Å². The summed E-state index contributed by atoms with van der Waals surface area (Å²) in [5, 5.41) is 0. The average molecular weight is 355 g/mol. The van der Waals surface area contributed by atoms with Crippen LogP contribution in [-0.4, -0.2) is 36.6 Å². The van der Waals surface area contributed by atoms with E-state index >= 15 is 0 Å². The standard InChI is InChI=1S/C20H21NO5/c1-4-24-20(23)19-12(2)18(13(3)21-19)15(22)7-5-14-6-8-16-17(11-14)26-10-9-25-16/h5-8,11,21H,4,9-10H2,1-3H3/b7-5+. The molecule has 1 N–H and O–H groups in total. The molecule has 0 saturated carbocycles. The highest BCUT2D eigenvalue weighted by atomic mass is 16.6. The van der Waals surface area contributed by atoms with Gasteiger partial charge in [-0.05, 0) is 50.1 Å². The van der Waals surface area contributed by atoms with Gasteiger partial charge in [-0.25, -0.2) is 4.79 Å². The highest BCUT2D eigenvalue weighted by molar-refractivity contribution is 6.10. The van der Waals surface area contributed by atoms with Crippen LogP contribution in [0.25, 0.3) is 6.08 Å². The van der Waals surface area contributed by atoms with Crippen LogP contribution in [0.4, 0.5) is 0 Å². The Bertz CT molecular complexity index is 879. The zero-order chi connectivity index (χ0) is 18.7. The minimum atomic E-state index is -0.456. The van der Waals surface area contributed by atoms with Crippen molar-refractivity contribution in [3.05, 3.63) is 52.4 Å². The van der Waals surface area contributed by atoms with E-state index in [-0.39, 0.29) is 12.4 Å². The number of nitrogens with one attached hydrogen (secondary N) is 1. The Kier molecular flexibility index (Phi) is 5.11. The second kappa shape index (κ2) is 7.47. The molecule has 2 aromatic rings. The fraction of sp³-hybridized carbons (Fsp3) is 0.300. The van der Waals surface area contributed by atoms with Crippen molar-refractivity contribution < 1.29 is 23.8 Å². The SMILES string of the molecule is CCOC(=O)c1[nH]c(C)c(C(=O)/C=C/c2ccc3c(c2)OCCO3)c1C. The molecule has 0 bridgehead atoms. The summed E-state index contributed by atoms with van der Waals surface area (Å²) >= 11 is 0. The van der Waals surface area contributed by atoms with Gasteiger partial charge in [-0.3, -0.25) is 4.79 Å². The number of aryl methyl sites for hydroxylation is 1. The van der Waals surface area contributed by atoms with Crippen LogP contribution >= 0.6 is 0 Å². The van der Waals surface area contributed by atoms with E-state index in [2.05, 4.69) is 4.98 Å². The fourth-order valence-electron chi connectivity index (χ4n) is 2.95. The van der Waals surface area contributed by atoms with E-state index in [0.29, 0.717) is 47.2 Å². The first kappa shape index (κ1) is 17.8. The number of rotatable bonds is 5. The number of ether oxygens (including phenoxy) is 3. The van der Waals surface area contributed by atoms with Gasteiger partial charge < -0.3 is 19.2 Å². The molecule has 0 amide bonds. The molecule has 1 aliphatic heterocycles. The van der Waals surface area contributed by atoms with Crippen LogP contribution in [0.2, 0.25) is 0 Å². The summed E-state index contributed by atoms with van der Waals surface area (Å²) in [6, 6.07) is 5.52. The third-order valence-electron chi connectivity index (χ3n) is 4.16. The van der Waals surface area contributed by atoms with Gasteiger partial charge in [-0.2, -0.15) is 0 Å². The quantitative estimate of drug-likeness (QED) is 0.505. The Morgan fingerprint density at radius 1 is 1.19 bits per heavy atom. The average Bonchev–Trinajstić information content (AvgIpc) is 2.94. The number of esters is 1. The van der Waals surface area contributed by atoms with Gasteiger partial charge in [-0.15, -0.1) is 0 Å². The molecule has 1 aromatic carbocycles. The van der Waals surface area contributed by atoms with Crippen LogP contribution in [0.3, 0.4) is 0 Å². The number of hydrogen-bond donors (Lipinski definition) is 1. The van der Waals surface area contributed by atoms with Crippen LogP contribution in [-0.2, 0) is 4.74 Å². The molecule has 2 heterocycles. The maximum absolute atomic E-state index is 12.6. The van der Waals surface area contributed by atoms with Crippen LogP contribution < -0.4 is 9.47 Å². The molecule has 0 spiro atoms. The lowest BCUT2D eigenvalue weighted by Gasteiger charge is -2.18. The van der Waals surface area contributed by atoms with Crippen molar-refractivity contribution in [1.29, 1.82) is 0 Å². The topological polar surface area (TPSA) is 77.6 Å². The van der Waals surface area contributed by atoms with Crippen molar-refractivity contribution in [3.63, 3.8) is 0 Å². The third kappa shape index (κ3) is 3.49. The molecule has 6 nitrogen and oxygen atoms in total. The Balaban J connectivity index is 1.82. The molecule has 6 heteroatoms. The van der Waals surface area contributed by atoms with Gasteiger partial charge in [0, 0.05) is 11.3 Å². The van der Waals surface area contributed by atoms with Crippen molar-refractivity contribution in [1.82, 2.24) is 4.98 Å². The Labute approximate surface area is 151 Å². The lowest BCUT2D eigenvalue weighted by atomic mass is 10.0. The molecule has 0 radical (unpaired) electrons. The molecule has 3 rings (SSSR count). The number of fused-ring (bicyclic) bond motifs is 1. The molecule has 0 unspecified atom stereocenters.